The third kappa shape index (κ3) is 3.81. The predicted molar refractivity (Wildman–Crippen MR) is 121 cm³/mol. The van der Waals surface area contributed by atoms with Gasteiger partial charge in [-0.1, -0.05) is 36.4 Å². The number of aromatic amines is 1. The highest BCUT2D eigenvalue weighted by atomic mass is 16.2. The number of aryl methyl sites for hydroxylation is 1. The Morgan fingerprint density at radius 2 is 1.94 bits per heavy atom. The minimum absolute atomic E-state index is 0.0456. The fourth-order valence-corrected chi connectivity index (χ4v) is 4.56. The average molecular weight is 415 g/mol. The number of carbonyl (C=O) groups excluding carboxylic acids is 2. The first kappa shape index (κ1) is 19.4. The number of likely N-dealkylation sites (tertiary alicyclic amines) is 1. The fraction of sp³-hybridized carbons (Fsp3) is 0.280. The molecule has 1 atom stereocenters. The van der Waals surface area contributed by atoms with Crippen LogP contribution < -0.4 is 5.32 Å². The normalized spacial score (nSPS) is 16.5. The first-order valence-corrected chi connectivity index (χ1v) is 10.9. The molecule has 2 aromatic heterocycles. The number of rotatable bonds is 7. The van der Waals surface area contributed by atoms with Gasteiger partial charge in [-0.05, 0) is 42.0 Å². The van der Waals surface area contributed by atoms with Crippen molar-refractivity contribution in [2.45, 2.75) is 38.4 Å². The summed E-state index contributed by atoms with van der Waals surface area (Å²) in [5.41, 5.74) is 3.30. The standard InChI is InChI=1S/C25H26N4O2/c30-24-11-10-23(29(24)17-19-16-27-21-8-3-2-7-20(19)21)25(31)26-13-5-14-28-15-12-18-6-1-4-9-22(18)28/h1-4,6-9,12,15-16,23,27H,5,10-11,13-14,17H2,(H,26,31). The van der Waals surface area contributed by atoms with E-state index in [1.165, 1.54) is 10.9 Å². The molecular formula is C25H26N4O2. The van der Waals surface area contributed by atoms with E-state index in [0.29, 0.717) is 25.9 Å². The van der Waals surface area contributed by atoms with Crippen LogP contribution in [-0.4, -0.2) is 38.9 Å². The van der Waals surface area contributed by atoms with Crippen LogP contribution in [0.15, 0.2) is 67.0 Å². The zero-order chi connectivity index (χ0) is 21.2. The summed E-state index contributed by atoms with van der Waals surface area (Å²) >= 11 is 0. The smallest absolute Gasteiger partial charge is 0.242 e. The Labute approximate surface area is 180 Å². The van der Waals surface area contributed by atoms with Crippen molar-refractivity contribution in [3.8, 4) is 0 Å². The number of para-hydroxylation sites is 2. The lowest BCUT2D eigenvalue weighted by molar-refractivity contribution is -0.135. The number of fused-ring (bicyclic) bond motifs is 2. The van der Waals surface area contributed by atoms with Gasteiger partial charge in [-0.2, -0.15) is 0 Å². The van der Waals surface area contributed by atoms with Crippen LogP contribution in [0.1, 0.15) is 24.8 Å². The maximum absolute atomic E-state index is 12.8. The molecule has 5 rings (SSSR count). The highest BCUT2D eigenvalue weighted by molar-refractivity contribution is 5.91. The molecule has 0 radical (unpaired) electrons. The van der Waals surface area contributed by atoms with Crippen LogP contribution >= 0.6 is 0 Å². The number of hydrogen-bond acceptors (Lipinski definition) is 2. The Bertz CT molecular complexity index is 1240. The summed E-state index contributed by atoms with van der Waals surface area (Å²) in [7, 11) is 0. The van der Waals surface area contributed by atoms with Crippen molar-refractivity contribution in [3.63, 3.8) is 0 Å². The molecule has 1 saturated heterocycles. The number of benzene rings is 2. The molecule has 3 heterocycles. The summed E-state index contributed by atoms with van der Waals surface area (Å²) in [5.74, 6) is -0.00713. The van der Waals surface area contributed by atoms with E-state index in [1.807, 2.05) is 42.6 Å². The molecule has 0 spiro atoms. The minimum atomic E-state index is -0.395. The molecule has 1 fully saturated rings. The van der Waals surface area contributed by atoms with E-state index in [1.54, 1.807) is 4.90 Å². The van der Waals surface area contributed by atoms with E-state index >= 15 is 0 Å². The second kappa shape index (κ2) is 8.30. The van der Waals surface area contributed by atoms with Gasteiger partial charge in [0.1, 0.15) is 6.04 Å². The second-order valence-electron chi connectivity index (χ2n) is 8.15. The lowest BCUT2D eigenvalue weighted by Gasteiger charge is -2.24. The summed E-state index contributed by atoms with van der Waals surface area (Å²) in [6, 6.07) is 18.0. The zero-order valence-electron chi connectivity index (χ0n) is 17.4. The molecule has 0 aliphatic carbocycles. The Kier molecular flexibility index (Phi) is 5.20. The fourth-order valence-electron chi connectivity index (χ4n) is 4.56. The summed E-state index contributed by atoms with van der Waals surface area (Å²) in [6.07, 6.45) is 5.87. The monoisotopic (exact) mass is 414 g/mol. The number of nitrogens with one attached hydrogen (secondary N) is 2. The topological polar surface area (TPSA) is 70.1 Å². The SMILES string of the molecule is O=C(NCCCn1ccc2ccccc21)C1CCC(=O)N1Cc1c[nH]c2ccccc12. The zero-order valence-corrected chi connectivity index (χ0v) is 17.4. The van der Waals surface area contributed by atoms with E-state index in [-0.39, 0.29) is 11.8 Å². The third-order valence-corrected chi connectivity index (χ3v) is 6.20. The van der Waals surface area contributed by atoms with Gasteiger partial charge in [-0.3, -0.25) is 9.59 Å². The molecule has 158 valence electrons. The summed E-state index contributed by atoms with van der Waals surface area (Å²) in [5, 5.41) is 5.37. The van der Waals surface area contributed by atoms with E-state index in [0.717, 1.165) is 29.4 Å². The summed E-state index contributed by atoms with van der Waals surface area (Å²) in [6.45, 7) is 1.89. The summed E-state index contributed by atoms with van der Waals surface area (Å²) in [4.78, 5) is 30.3. The summed E-state index contributed by atoms with van der Waals surface area (Å²) < 4.78 is 2.21. The van der Waals surface area contributed by atoms with Crippen molar-refractivity contribution in [2.24, 2.45) is 0 Å². The minimum Gasteiger partial charge on any atom is -0.361 e. The molecule has 2 amide bonds. The molecule has 0 bridgehead atoms. The quantitative estimate of drug-likeness (QED) is 0.452. The third-order valence-electron chi connectivity index (χ3n) is 6.20. The number of hydrogen-bond donors (Lipinski definition) is 2. The Morgan fingerprint density at radius 1 is 1.10 bits per heavy atom. The van der Waals surface area contributed by atoms with Crippen molar-refractivity contribution < 1.29 is 9.59 Å². The van der Waals surface area contributed by atoms with Crippen molar-refractivity contribution in [2.75, 3.05) is 6.54 Å². The molecule has 1 unspecified atom stereocenters. The number of aromatic nitrogens is 2. The molecule has 2 N–H and O–H groups in total. The molecule has 1 aliphatic heterocycles. The molecule has 6 nitrogen and oxygen atoms in total. The lowest BCUT2D eigenvalue weighted by atomic mass is 10.1. The molecule has 6 heteroatoms. The Balaban J connectivity index is 1.19. The number of nitrogens with zero attached hydrogens (tertiary/aromatic N) is 2. The van der Waals surface area contributed by atoms with Gasteiger partial charge in [-0.15, -0.1) is 0 Å². The molecule has 31 heavy (non-hydrogen) atoms. The van der Waals surface area contributed by atoms with Crippen molar-refractivity contribution in [1.29, 1.82) is 0 Å². The van der Waals surface area contributed by atoms with Gasteiger partial charge in [-0.25, -0.2) is 0 Å². The molecule has 1 aliphatic rings. The lowest BCUT2D eigenvalue weighted by Crippen LogP contribution is -2.44. The first-order chi connectivity index (χ1) is 15.2. The van der Waals surface area contributed by atoms with Gasteiger partial charge in [0, 0.05) is 54.9 Å². The predicted octanol–water partition coefficient (Wildman–Crippen LogP) is 3.82. The van der Waals surface area contributed by atoms with Gasteiger partial charge >= 0.3 is 0 Å². The van der Waals surface area contributed by atoms with Gasteiger partial charge in [0.15, 0.2) is 0 Å². The van der Waals surface area contributed by atoms with Crippen LogP contribution in [-0.2, 0) is 22.7 Å². The average Bonchev–Trinajstić information content (AvgIpc) is 3.50. The van der Waals surface area contributed by atoms with E-state index in [2.05, 4.69) is 39.3 Å². The van der Waals surface area contributed by atoms with E-state index in [9.17, 15) is 9.59 Å². The van der Waals surface area contributed by atoms with Crippen LogP contribution in [0, 0.1) is 0 Å². The van der Waals surface area contributed by atoms with Gasteiger partial charge < -0.3 is 19.8 Å². The van der Waals surface area contributed by atoms with Crippen molar-refractivity contribution >= 4 is 33.6 Å². The van der Waals surface area contributed by atoms with Crippen molar-refractivity contribution in [1.82, 2.24) is 19.8 Å². The number of carbonyl (C=O) groups is 2. The Hall–Kier alpha value is -3.54. The highest BCUT2D eigenvalue weighted by Gasteiger charge is 2.36. The van der Waals surface area contributed by atoms with Gasteiger partial charge in [0.2, 0.25) is 11.8 Å². The Morgan fingerprint density at radius 3 is 2.87 bits per heavy atom. The van der Waals surface area contributed by atoms with Crippen LogP contribution in [0.3, 0.4) is 0 Å². The molecule has 4 aromatic rings. The van der Waals surface area contributed by atoms with Gasteiger partial charge in [0.25, 0.3) is 0 Å². The molecule has 2 aromatic carbocycles. The maximum atomic E-state index is 12.8. The van der Waals surface area contributed by atoms with E-state index < -0.39 is 6.04 Å². The second-order valence-corrected chi connectivity index (χ2v) is 8.15. The van der Waals surface area contributed by atoms with E-state index in [4.69, 9.17) is 0 Å². The van der Waals surface area contributed by atoms with Crippen LogP contribution in [0.4, 0.5) is 0 Å². The largest absolute Gasteiger partial charge is 0.361 e. The van der Waals surface area contributed by atoms with Gasteiger partial charge in [0.05, 0.1) is 0 Å². The highest BCUT2D eigenvalue weighted by Crippen LogP contribution is 2.25. The molecule has 0 saturated carbocycles. The van der Waals surface area contributed by atoms with Crippen molar-refractivity contribution in [3.05, 3.63) is 72.6 Å². The van der Waals surface area contributed by atoms with Crippen LogP contribution in [0.25, 0.3) is 21.8 Å². The maximum Gasteiger partial charge on any atom is 0.242 e. The van der Waals surface area contributed by atoms with Crippen LogP contribution in [0.2, 0.25) is 0 Å². The van der Waals surface area contributed by atoms with Crippen LogP contribution in [0.5, 0.6) is 0 Å². The first-order valence-electron chi connectivity index (χ1n) is 10.9. The molecular weight excluding hydrogens is 388 g/mol. The number of amides is 2. The number of H-pyrrole nitrogens is 1.